The van der Waals surface area contributed by atoms with Crippen molar-refractivity contribution in [3.05, 3.63) is 34.9 Å². The highest BCUT2D eigenvalue weighted by Gasteiger charge is 2.21. The first-order valence-electron chi connectivity index (χ1n) is 6.40. The van der Waals surface area contributed by atoms with Crippen molar-refractivity contribution in [2.24, 2.45) is 0 Å². The largest absolute Gasteiger partial charge is 0.313 e. The van der Waals surface area contributed by atoms with Gasteiger partial charge in [0.2, 0.25) is 0 Å². The SMILES string of the molecule is CNC1CCSCc2ccc(C(C)(C)C)cc21. The monoisotopic (exact) mass is 249 g/mol. The van der Waals surface area contributed by atoms with E-state index in [9.17, 15) is 0 Å². The van der Waals surface area contributed by atoms with Gasteiger partial charge in [0.1, 0.15) is 0 Å². The lowest BCUT2D eigenvalue weighted by atomic mass is 9.84. The summed E-state index contributed by atoms with van der Waals surface area (Å²) in [6, 6.07) is 7.58. The molecule has 1 atom stereocenters. The molecule has 0 aliphatic carbocycles. The highest BCUT2D eigenvalue weighted by atomic mass is 32.2. The van der Waals surface area contributed by atoms with Crippen LogP contribution in [0.1, 0.15) is 49.9 Å². The van der Waals surface area contributed by atoms with Crippen molar-refractivity contribution in [3.8, 4) is 0 Å². The van der Waals surface area contributed by atoms with Crippen LogP contribution in [-0.4, -0.2) is 12.8 Å². The zero-order chi connectivity index (χ0) is 12.5. The summed E-state index contributed by atoms with van der Waals surface area (Å²) in [6.45, 7) is 6.86. The molecule has 1 aliphatic rings. The molecule has 1 N–H and O–H groups in total. The highest BCUT2D eigenvalue weighted by molar-refractivity contribution is 7.98. The molecule has 0 amide bonds. The maximum absolute atomic E-state index is 3.47. The first-order valence-corrected chi connectivity index (χ1v) is 7.56. The van der Waals surface area contributed by atoms with E-state index >= 15 is 0 Å². The molecular weight excluding hydrogens is 226 g/mol. The van der Waals surface area contributed by atoms with Crippen LogP contribution in [0.5, 0.6) is 0 Å². The fourth-order valence-electron chi connectivity index (χ4n) is 2.36. The number of rotatable bonds is 1. The predicted molar refractivity (Wildman–Crippen MR) is 77.7 cm³/mol. The standard InChI is InChI=1S/C15H23NS/c1-15(2,3)12-6-5-11-10-17-8-7-14(16-4)13(11)9-12/h5-6,9,14,16H,7-8,10H2,1-4H3. The van der Waals surface area contributed by atoms with Gasteiger partial charge >= 0.3 is 0 Å². The molecule has 1 unspecified atom stereocenters. The van der Waals surface area contributed by atoms with Crippen molar-refractivity contribution in [1.29, 1.82) is 0 Å². The van der Waals surface area contributed by atoms with Gasteiger partial charge in [-0.2, -0.15) is 11.8 Å². The molecule has 1 aliphatic heterocycles. The zero-order valence-electron chi connectivity index (χ0n) is 11.3. The Morgan fingerprint density at radius 3 is 2.71 bits per heavy atom. The average molecular weight is 249 g/mol. The number of nitrogens with one attached hydrogen (secondary N) is 1. The molecule has 2 rings (SSSR count). The highest BCUT2D eigenvalue weighted by Crippen LogP contribution is 2.33. The van der Waals surface area contributed by atoms with E-state index in [4.69, 9.17) is 0 Å². The van der Waals surface area contributed by atoms with Crippen molar-refractivity contribution in [1.82, 2.24) is 5.32 Å². The Morgan fingerprint density at radius 1 is 1.29 bits per heavy atom. The second-order valence-electron chi connectivity index (χ2n) is 5.85. The molecule has 0 saturated heterocycles. The maximum Gasteiger partial charge on any atom is 0.0328 e. The third-order valence-electron chi connectivity index (χ3n) is 3.54. The lowest BCUT2D eigenvalue weighted by Crippen LogP contribution is -2.19. The third-order valence-corrected chi connectivity index (χ3v) is 4.58. The fraction of sp³-hybridized carbons (Fsp3) is 0.600. The molecule has 2 heteroatoms. The molecule has 0 spiro atoms. The predicted octanol–water partition coefficient (Wildman–Crippen LogP) is 3.88. The van der Waals surface area contributed by atoms with Gasteiger partial charge in [-0.1, -0.05) is 39.0 Å². The summed E-state index contributed by atoms with van der Waals surface area (Å²) in [5.74, 6) is 2.42. The number of hydrogen-bond donors (Lipinski definition) is 1. The van der Waals surface area contributed by atoms with E-state index in [0.717, 1.165) is 5.75 Å². The van der Waals surface area contributed by atoms with Crippen molar-refractivity contribution >= 4 is 11.8 Å². The maximum atomic E-state index is 3.47. The summed E-state index contributed by atoms with van der Waals surface area (Å²) in [5, 5.41) is 3.47. The molecule has 0 aromatic heterocycles. The topological polar surface area (TPSA) is 12.0 Å². The molecule has 1 nitrogen and oxygen atoms in total. The summed E-state index contributed by atoms with van der Waals surface area (Å²) in [4.78, 5) is 0. The van der Waals surface area contributed by atoms with E-state index in [1.165, 1.54) is 28.9 Å². The minimum absolute atomic E-state index is 0.243. The lowest BCUT2D eigenvalue weighted by molar-refractivity contribution is 0.566. The molecule has 0 radical (unpaired) electrons. The Morgan fingerprint density at radius 2 is 2.06 bits per heavy atom. The molecule has 0 bridgehead atoms. The minimum atomic E-state index is 0.243. The molecule has 1 aromatic rings. The zero-order valence-corrected chi connectivity index (χ0v) is 12.2. The summed E-state index contributed by atoms with van der Waals surface area (Å²) in [7, 11) is 2.08. The first-order chi connectivity index (χ1) is 8.02. The number of hydrogen-bond acceptors (Lipinski definition) is 2. The Bertz CT molecular complexity index is 392. The van der Waals surface area contributed by atoms with Crippen LogP contribution in [0.15, 0.2) is 18.2 Å². The normalized spacial score (nSPS) is 20.8. The Kier molecular flexibility index (Phi) is 3.84. The van der Waals surface area contributed by atoms with Crippen molar-refractivity contribution in [3.63, 3.8) is 0 Å². The Labute approximate surface area is 109 Å². The Hall–Kier alpha value is -0.470. The summed E-state index contributed by atoms with van der Waals surface area (Å²) >= 11 is 2.05. The van der Waals surface area contributed by atoms with Crippen LogP contribution >= 0.6 is 11.8 Å². The first kappa shape index (κ1) is 13.0. The third kappa shape index (κ3) is 2.86. The lowest BCUT2D eigenvalue weighted by Gasteiger charge is -2.23. The number of thioether (sulfide) groups is 1. The Balaban J connectivity index is 2.43. The molecule has 94 valence electrons. The van der Waals surface area contributed by atoms with Crippen molar-refractivity contribution < 1.29 is 0 Å². The smallest absolute Gasteiger partial charge is 0.0328 e. The molecule has 0 fully saturated rings. The quantitative estimate of drug-likeness (QED) is 0.810. The van der Waals surface area contributed by atoms with Gasteiger partial charge in [0.05, 0.1) is 0 Å². The van der Waals surface area contributed by atoms with E-state index < -0.39 is 0 Å². The van der Waals surface area contributed by atoms with Gasteiger partial charge in [0.25, 0.3) is 0 Å². The van der Waals surface area contributed by atoms with E-state index in [1.54, 1.807) is 0 Å². The minimum Gasteiger partial charge on any atom is -0.313 e. The average Bonchev–Trinajstić information content (AvgIpc) is 2.48. The number of benzene rings is 1. The van der Waals surface area contributed by atoms with Gasteiger partial charge in [-0.05, 0) is 41.3 Å². The second-order valence-corrected chi connectivity index (χ2v) is 6.95. The van der Waals surface area contributed by atoms with Crippen LogP contribution in [0.2, 0.25) is 0 Å². The van der Waals surface area contributed by atoms with E-state index in [-0.39, 0.29) is 5.41 Å². The van der Waals surface area contributed by atoms with Crippen LogP contribution in [-0.2, 0) is 11.2 Å². The summed E-state index contributed by atoms with van der Waals surface area (Å²) in [6.07, 6.45) is 1.24. The van der Waals surface area contributed by atoms with Gasteiger partial charge in [0.15, 0.2) is 0 Å². The van der Waals surface area contributed by atoms with Crippen LogP contribution in [0, 0.1) is 0 Å². The van der Waals surface area contributed by atoms with Gasteiger partial charge in [-0.3, -0.25) is 0 Å². The van der Waals surface area contributed by atoms with Gasteiger partial charge in [-0.15, -0.1) is 0 Å². The molecule has 17 heavy (non-hydrogen) atoms. The van der Waals surface area contributed by atoms with E-state index in [0.29, 0.717) is 6.04 Å². The van der Waals surface area contributed by atoms with Crippen LogP contribution in [0.4, 0.5) is 0 Å². The van der Waals surface area contributed by atoms with Crippen molar-refractivity contribution in [2.75, 3.05) is 12.8 Å². The molecule has 1 aromatic carbocycles. The fourth-order valence-corrected chi connectivity index (χ4v) is 3.39. The van der Waals surface area contributed by atoms with Crippen LogP contribution in [0.25, 0.3) is 0 Å². The van der Waals surface area contributed by atoms with Crippen molar-refractivity contribution in [2.45, 2.75) is 44.4 Å². The van der Waals surface area contributed by atoms with Crippen LogP contribution < -0.4 is 5.32 Å². The van der Waals surface area contributed by atoms with Gasteiger partial charge < -0.3 is 5.32 Å². The number of fused-ring (bicyclic) bond motifs is 1. The molecule has 0 saturated carbocycles. The molecule has 1 heterocycles. The van der Waals surface area contributed by atoms with Crippen LogP contribution in [0.3, 0.4) is 0 Å². The summed E-state index contributed by atoms with van der Waals surface area (Å²) < 4.78 is 0. The van der Waals surface area contributed by atoms with E-state index in [1.807, 2.05) is 0 Å². The van der Waals surface area contributed by atoms with Gasteiger partial charge in [0, 0.05) is 11.8 Å². The second kappa shape index (κ2) is 5.03. The molecular formula is C15H23NS. The van der Waals surface area contributed by atoms with Gasteiger partial charge in [-0.25, -0.2) is 0 Å². The summed E-state index contributed by atoms with van der Waals surface area (Å²) in [5.41, 5.74) is 4.72. The van der Waals surface area contributed by atoms with E-state index in [2.05, 4.69) is 63.1 Å².